The van der Waals surface area contributed by atoms with E-state index in [1.54, 1.807) is 11.0 Å². The van der Waals surface area contributed by atoms with Gasteiger partial charge in [0.2, 0.25) is 0 Å². The average Bonchev–Trinajstić information content (AvgIpc) is 3.15. The minimum atomic E-state index is -0.178. The van der Waals surface area contributed by atoms with Gasteiger partial charge in [-0.15, -0.1) is 0 Å². The molecule has 3 unspecified atom stereocenters. The van der Waals surface area contributed by atoms with Gasteiger partial charge < -0.3 is 19.5 Å². The standard InChI is InChI=1S/C19H22N4O3/c24-18(21-13-6-12-2-5-22(9-12)10-13)16-7-14-15(11-26-17(14)8-20-16)19(25)23-3-1-4-23/h7-8,11-13H,1-6,9-10H2,(H,21,24). The van der Waals surface area contributed by atoms with E-state index in [9.17, 15) is 9.59 Å². The van der Waals surface area contributed by atoms with E-state index in [0.29, 0.717) is 28.1 Å². The van der Waals surface area contributed by atoms with Crippen LogP contribution < -0.4 is 5.32 Å². The number of piperidine rings is 1. The molecular formula is C19H22N4O3. The smallest absolute Gasteiger partial charge is 0.270 e. The number of rotatable bonds is 3. The average molecular weight is 354 g/mol. The van der Waals surface area contributed by atoms with E-state index in [4.69, 9.17) is 4.42 Å². The zero-order chi connectivity index (χ0) is 17.7. The van der Waals surface area contributed by atoms with E-state index in [1.807, 2.05) is 0 Å². The molecule has 0 aromatic carbocycles. The summed E-state index contributed by atoms with van der Waals surface area (Å²) in [6.07, 6.45) is 6.31. The summed E-state index contributed by atoms with van der Waals surface area (Å²) in [6.45, 7) is 4.77. The van der Waals surface area contributed by atoms with Crippen molar-refractivity contribution in [3.8, 4) is 0 Å². The number of likely N-dealkylation sites (tertiary alicyclic amines) is 1. The number of pyridine rings is 1. The van der Waals surface area contributed by atoms with Crippen molar-refractivity contribution in [2.75, 3.05) is 32.7 Å². The second kappa shape index (κ2) is 6.09. The molecule has 7 nitrogen and oxygen atoms in total. The highest BCUT2D eigenvalue weighted by atomic mass is 16.3. The van der Waals surface area contributed by atoms with Crippen LogP contribution >= 0.6 is 0 Å². The van der Waals surface area contributed by atoms with Gasteiger partial charge in [0.05, 0.1) is 11.8 Å². The molecule has 7 heteroatoms. The first-order chi connectivity index (χ1) is 12.7. The summed E-state index contributed by atoms with van der Waals surface area (Å²) in [6, 6.07) is 1.85. The van der Waals surface area contributed by atoms with Gasteiger partial charge in [-0.25, -0.2) is 4.98 Å². The van der Waals surface area contributed by atoms with Crippen LogP contribution in [0.1, 0.15) is 40.1 Å². The predicted octanol–water partition coefficient (Wildman–Crippen LogP) is 1.50. The van der Waals surface area contributed by atoms with Crippen molar-refractivity contribution >= 4 is 22.8 Å². The maximum atomic E-state index is 12.7. The van der Waals surface area contributed by atoms with Crippen molar-refractivity contribution in [2.24, 2.45) is 5.92 Å². The molecule has 0 spiro atoms. The molecule has 2 aromatic rings. The first kappa shape index (κ1) is 15.8. The molecule has 0 aliphatic carbocycles. The first-order valence-corrected chi connectivity index (χ1v) is 9.37. The van der Waals surface area contributed by atoms with Crippen LogP contribution in [0.25, 0.3) is 11.0 Å². The molecule has 136 valence electrons. The van der Waals surface area contributed by atoms with Crippen LogP contribution in [0, 0.1) is 5.92 Å². The van der Waals surface area contributed by atoms with Crippen molar-refractivity contribution < 1.29 is 14.0 Å². The molecule has 5 rings (SSSR count). The number of hydrogen-bond donors (Lipinski definition) is 1. The van der Waals surface area contributed by atoms with Gasteiger partial charge in [0.25, 0.3) is 11.8 Å². The minimum absolute atomic E-state index is 0.0378. The molecule has 0 radical (unpaired) electrons. The highest BCUT2D eigenvalue weighted by Crippen LogP contribution is 2.27. The fourth-order valence-corrected chi connectivity index (χ4v) is 4.34. The highest BCUT2D eigenvalue weighted by molar-refractivity contribution is 6.07. The Morgan fingerprint density at radius 3 is 2.88 bits per heavy atom. The molecule has 0 saturated carbocycles. The summed E-state index contributed by atoms with van der Waals surface area (Å²) in [7, 11) is 0. The van der Waals surface area contributed by atoms with Gasteiger partial charge in [-0.1, -0.05) is 0 Å². The molecule has 1 N–H and O–H groups in total. The Hall–Kier alpha value is -2.41. The lowest BCUT2D eigenvalue weighted by molar-refractivity contribution is 0.0652. The first-order valence-electron chi connectivity index (χ1n) is 9.37. The van der Waals surface area contributed by atoms with Crippen molar-refractivity contribution in [1.29, 1.82) is 0 Å². The summed E-state index contributed by atoms with van der Waals surface area (Å²) in [4.78, 5) is 33.6. The SMILES string of the molecule is O=C(NC1CC2CCN(C2)C1)c1cc2c(C(=O)N3CCC3)coc2cn1. The number of fused-ring (bicyclic) bond motifs is 3. The summed E-state index contributed by atoms with van der Waals surface area (Å²) in [5.74, 6) is 0.478. The van der Waals surface area contributed by atoms with E-state index < -0.39 is 0 Å². The Morgan fingerprint density at radius 1 is 1.23 bits per heavy atom. The number of carbonyl (C=O) groups is 2. The lowest BCUT2D eigenvalue weighted by Crippen LogP contribution is -2.47. The normalized spacial score (nSPS) is 27.4. The summed E-state index contributed by atoms with van der Waals surface area (Å²) in [5.41, 5.74) is 1.38. The largest absolute Gasteiger partial charge is 0.462 e. The summed E-state index contributed by atoms with van der Waals surface area (Å²) >= 11 is 0. The zero-order valence-electron chi connectivity index (χ0n) is 14.6. The van der Waals surface area contributed by atoms with Gasteiger partial charge in [0.1, 0.15) is 12.0 Å². The Kier molecular flexibility index (Phi) is 3.70. The van der Waals surface area contributed by atoms with Crippen LogP contribution in [-0.4, -0.2) is 65.4 Å². The van der Waals surface area contributed by atoms with Crippen LogP contribution in [0.5, 0.6) is 0 Å². The number of nitrogens with zero attached hydrogens (tertiary/aromatic N) is 3. The molecule has 3 aliphatic heterocycles. The fourth-order valence-electron chi connectivity index (χ4n) is 4.34. The van der Waals surface area contributed by atoms with E-state index in [0.717, 1.165) is 45.6 Å². The maximum Gasteiger partial charge on any atom is 0.270 e. The minimum Gasteiger partial charge on any atom is -0.462 e. The molecule has 26 heavy (non-hydrogen) atoms. The van der Waals surface area contributed by atoms with Crippen LogP contribution in [0.15, 0.2) is 22.9 Å². The fraction of sp³-hybridized carbons (Fsp3) is 0.526. The van der Waals surface area contributed by atoms with E-state index in [-0.39, 0.29) is 17.9 Å². The van der Waals surface area contributed by atoms with Gasteiger partial charge in [0.15, 0.2) is 5.58 Å². The van der Waals surface area contributed by atoms with Crippen molar-refractivity contribution in [3.63, 3.8) is 0 Å². The Bertz CT molecular complexity index is 861. The van der Waals surface area contributed by atoms with Gasteiger partial charge in [-0.05, 0) is 37.8 Å². The Labute approximate surface area is 151 Å². The second-order valence-electron chi connectivity index (χ2n) is 7.68. The number of aromatic nitrogens is 1. The molecule has 5 heterocycles. The van der Waals surface area contributed by atoms with Gasteiger partial charge >= 0.3 is 0 Å². The lowest BCUT2D eigenvalue weighted by atomic mass is 9.97. The van der Waals surface area contributed by atoms with Crippen molar-refractivity contribution in [1.82, 2.24) is 20.1 Å². The molecule has 3 aliphatic rings. The second-order valence-corrected chi connectivity index (χ2v) is 7.68. The molecule has 3 atom stereocenters. The number of amides is 2. The Balaban J connectivity index is 1.36. The molecule has 2 bridgehead atoms. The highest BCUT2D eigenvalue weighted by Gasteiger charge is 2.33. The monoisotopic (exact) mass is 354 g/mol. The molecule has 3 fully saturated rings. The number of nitrogens with one attached hydrogen (secondary N) is 1. The molecule has 3 saturated heterocycles. The third-order valence-corrected chi connectivity index (χ3v) is 5.87. The summed E-state index contributed by atoms with van der Waals surface area (Å²) in [5, 5.41) is 3.78. The zero-order valence-corrected chi connectivity index (χ0v) is 14.6. The topological polar surface area (TPSA) is 78.7 Å². The third-order valence-electron chi connectivity index (χ3n) is 5.87. The van der Waals surface area contributed by atoms with Crippen molar-refractivity contribution in [3.05, 3.63) is 29.8 Å². The van der Waals surface area contributed by atoms with Gasteiger partial charge in [-0.2, -0.15) is 0 Å². The van der Waals surface area contributed by atoms with Crippen LogP contribution in [-0.2, 0) is 0 Å². The van der Waals surface area contributed by atoms with Crippen LogP contribution in [0.3, 0.4) is 0 Å². The summed E-state index contributed by atoms with van der Waals surface area (Å²) < 4.78 is 5.46. The molecule has 2 aromatic heterocycles. The van der Waals surface area contributed by atoms with E-state index in [2.05, 4.69) is 15.2 Å². The molecular weight excluding hydrogens is 332 g/mol. The van der Waals surface area contributed by atoms with Crippen LogP contribution in [0.4, 0.5) is 0 Å². The van der Waals surface area contributed by atoms with Gasteiger partial charge in [-0.3, -0.25) is 9.59 Å². The van der Waals surface area contributed by atoms with E-state index in [1.165, 1.54) is 18.9 Å². The number of hydrogen-bond acceptors (Lipinski definition) is 5. The number of carbonyl (C=O) groups excluding carboxylic acids is 2. The van der Waals surface area contributed by atoms with Gasteiger partial charge in [0, 0.05) is 37.6 Å². The molecule has 2 amide bonds. The quantitative estimate of drug-likeness (QED) is 0.904. The predicted molar refractivity (Wildman–Crippen MR) is 94.9 cm³/mol. The Morgan fingerprint density at radius 2 is 2.12 bits per heavy atom. The maximum absolute atomic E-state index is 12.7. The number of furan rings is 1. The lowest BCUT2D eigenvalue weighted by Gasteiger charge is -2.30. The third kappa shape index (κ3) is 2.67. The van der Waals surface area contributed by atoms with E-state index >= 15 is 0 Å². The van der Waals surface area contributed by atoms with Crippen molar-refractivity contribution in [2.45, 2.75) is 25.3 Å². The van der Waals surface area contributed by atoms with Crippen LogP contribution in [0.2, 0.25) is 0 Å².